The first-order chi connectivity index (χ1) is 24.6. The van der Waals surface area contributed by atoms with Gasteiger partial charge in [0.15, 0.2) is 17.3 Å². The van der Waals surface area contributed by atoms with Gasteiger partial charge in [-0.1, -0.05) is 24.3 Å². The van der Waals surface area contributed by atoms with Gasteiger partial charge in [0.2, 0.25) is 11.2 Å². The molecule has 1 saturated carbocycles. The number of benzene rings is 2. The highest BCUT2D eigenvalue weighted by molar-refractivity contribution is 7.52. The van der Waals surface area contributed by atoms with Gasteiger partial charge in [-0.15, -0.1) is 0 Å². The number of morpholine rings is 2. The van der Waals surface area contributed by atoms with Gasteiger partial charge in [0.1, 0.15) is 17.7 Å². The van der Waals surface area contributed by atoms with Crippen LogP contribution in [0.15, 0.2) is 53.5 Å². The van der Waals surface area contributed by atoms with E-state index >= 15 is 8.78 Å². The average Bonchev–Trinajstić information content (AvgIpc) is 3.93. The first kappa shape index (κ1) is 33.8. The number of hydrogen-bond acceptors (Lipinski definition) is 11. The van der Waals surface area contributed by atoms with E-state index < -0.39 is 66.2 Å². The molecule has 1 aliphatic carbocycles. The molecule has 2 aromatic carbocycles. The zero-order valence-corrected chi connectivity index (χ0v) is 28.8. The number of carbonyl (C=O) groups is 2. The lowest BCUT2D eigenvalue weighted by Crippen LogP contribution is -2.66. The normalized spacial score (nSPS) is 24.2. The Bertz CT molecular complexity index is 2030. The summed E-state index contributed by atoms with van der Waals surface area (Å²) in [6.45, 7) is 2.70. The molecule has 1 aromatic heterocycles. The first-order valence-electron chi connectivity index (χ1n) is 16.8. The topological polar surface area (TPSA) is 141 Å². The van der Waals surface area contributed by atoms with Crippen LogP contribution in [-0.4, -0.2) is 86.4 Å². The van der Waals surface area contributed by atoms with E-state index in [-0.39, 0.29) is 57.1 Å². The quantitative estimate of drug-likeness (QED) is 0.269. The minimum atomic E-state index is -4.49. The number of anilines is 1. The Kier molecular flexibility index (Phi) is 8.42. The Morgan fingerprint density at radius 3 is 2.51 bits per heavy atom. The predicted octanol–water partition coefficient (Wildman–Crippen LogP) is 3.38. The molecule has 1 N–H and O–H groups in total. The van der Waals surface area contributed by atoms with Crippen molar-refractivity contribution in [1.82, 2.24) is 14.7 Å². The smallest absolute Gasteiger partial charge is 0.459 e. The zero-order valence-electron chi connectivity index (χ0n) is 27.9. The van der Waals surface area contributed by atoms with Gasteiger partial charge in [-0.3, -0.25) is 28.6 Å². The number of rotatable bonds is 8. The SMILES string of the molecule is CCOP(=O)(NC1(C(=O)OC)CC1)Oc1c2n(ccc1=O)N([C@@H]1c3ccccc3N3CCOCC3c3c1ccc(F)c3F)[C@@H]1COCCN1C2=O. The fraction of sp³-hybridized carbons (Fsp3) is 0.441. The summed E-state index contributed by atoms with van der Waals surface area (Å²) in [6.07, 6.45) is 1.18. The maximum absolute atomic E-state index is 16.2. The molecule has 4 atom stereocenters. The van der Waals surface area contributed by atoms with Gasteiger partial charge in [-0.05, 0) is 37.5 Å². The number of fused-ring (bicyclic) bond motifs is 7. The standard InChI is InChI=1S/C34H36F2N5O9P/c1-3-49-51(45,37-34(11-12-34)33(44)46-2)50-31-25(42)10-13-40-30(31)32(43)39-15-17-48-19-26(39)41(40)29-20-6-4-5-7-23(20)38-14-16-47-18-24(38)27-21(29)8-9-22(35)28(27)36/h4-10,13,24,26,29H,3,11-12,14-19H2,1-2H3,(H,37,45)/t24?,26-,29-,51?/m1/s1. The fourth-order valence-corrected chi connectivity index (χ4v) is 9.40. The van der Waals surface area contributed by atoms with Crippen LogP contribution in [0.4, 0.5) is 14.5 Å². The van der Waals surface area contributed by atoms with Gasteiger partial charge in [0.05, 0.1) is 46.2 Å². The highest BCUT2D eigenvalue weighted by Gasteiger charge is 2.57. The number of halogens is 2. The molecule has 3 aromatic rings. The summed E-state index contributed by atoms with van der Waals surface area (Å²) >= 11 is 0. The van der Waals surface area contributed by atoms with Crippen molar-refractivity contribution in [3.63, 3.8) is 0 Å². The number of para-hydroxylation sites is 1. The second kappa shape index (κ2) is 12.7. The van der Waals surface area contributed by atoms with E-state index in [4.69, 9.17) is 23.3 Å². The number of esters is 1. The molecule has 17 heteroatoms. The second-order valence-electron chi connectivity index (χ2n) is 12.9. The molecule has 14 nitrogen and oxygen atoms in total. The number of aromatic nitrogens is 1. The largest absolute Gasteiger partial charge is 0.468 e. The van der Waals surface area contributed by atoms with Crippen molar-refractivity contribution >= 4 is 25.3 Å². The molecular weight excluding hydrogens is 691 g/mol. The Morgan fingerprint density at radius 1 is 1.02 bits per heavy atom. The summed E-state index contributed by atoms with van der Waals surface area (Å²) < 4.78 is 75.1. The van der Waals surface area contributed by atoms with Crippen molar-refractivity contribution < 1.29 is 46.2 Å². The molecule has 5 aliphatic rings. The van der Waals surface area contributed by atoms with Crippen LogP contribution >= 0.6 is 7.75 Å². The number of ether oxygens (including phenoxy) is 3. The summed E-state index contributed by atoms with van der Waals surface area (Å²) in [5.41, 5.74) is -0.379. The summed E-state index contributed by atoms with van der Waals surface area (Å²) in [6, 6.07) is 9.73. The zero-order chi connectivity index (χ0) is 35.7. The molecule has 2 saturated heterocycles. The van der Waals surface area contributed by atoms with Crippen LogP contribution in [-0.2, 0) is 28.1 Å². The van der Waals surface area contributed by atoms with E-state index in [1.807, 2.05) is 29.2 Å². The summed E-state index contributed by atoms with van der Waals surface area (Å²) in [7, 11) is -3.29. The molecule has 8 rings (SSSR count). The van der Waals surface area contributed by atoms with Crippen LogP contribution < -0.4 is 24.9 Å². The third-order valence-electron chi connectivity index (χ3n) is 10.1. The maximum atomic E-state index is 16.2. The minimum absolute atomic E-state index is 0.0437. The van der Waals surface area contributed by atoms with E-state index in [1.54, 1.807) is 11.9 Å². The van der Waals surface area contributed by atoms with Gasteiger partial charge >= 0.3 is 13.7 Å². The Morgan fingerprint density at radius 2 is 1.76 bits per heavy atom. The molecule has 270 valence electrons. The van der Waals surface area contributed by atoms with Gasteiger partial charge in [-0.25, -0.2) is 13.3 Å². The van der Waals surface area contributed by atoms with Gasteiger partial charge in [0.25, 0.3) is 5.91 Å². The molecule has 1 amide bonds. The molecule has 0 radical (unpaired) electrons. The maximum Gasteiger partial charge on any atom is 0.459 e. The van der Waals surface area contributed by atoms with E-state index in [0.29, 0.717) is 18.7 Å². The molecule has 0 bridgehead atoms. The molecule has 51 heavy (non-hydrogen) atoms. The Hall–Kier alpha value is -4.34. The monoisotopic (exact) mass is 727 g/mol. The summed E-state index contributed by atoms with van der Waals surface area (Å²) in [4.78, 5) is 44.3. The lowest BCUT2D eigenvalue weighted by molar-refractivity contribution is -0.143. The fourth-order valence-electron chi connectivity index (χ4n) is 7.65. The third kappa shape index (κ3) is 5.43. The van der Waals surface area contributed by atoms with Crippen molar-refractivity contribution in [3.05, 3.63) is 92.9 Å². The lowest BCUT2D eigenvalue weighted by atomic mass is 9.91. The highest BCUT2D eigenvalue weighted by Crippen LogP contribution is 2.53. The van der Waals surface area contributed by atoms with Crippen LogP contribution in [0, 0.1) is 11.6 Å². The van der Waals surface area contributed by atoms with Crippen molar-refractivity contribution in [3.8, 4) is 5.75 Å². The molecule has 2 unspecified atom stereocenters. The van der Waals surface area contributed by atoms with Gasteiger partial charge in [0, 0.05) is 42.2 Å². The Labute approximate surface area is 291 Å². The lowest BCUT2D eigenvalue weighted by Gasteiger charge is -2.51. The van der Waals surface area contributed by atoms with Crippen molar-refractivity contribution in [1.29, 1.82) is 0 Å². The number of pyridine rings is 1. The third-order valence-corrected chi connectivity index (χ3v) is 11.8. The minimum Gasteiger partial charge on any atom is -0.468 e. The number of methoxy groups -OCH3 is 1. The number of nitrogens with zero attached hydrogens (tertiary/aromatic N) is 4. The van der Waals surface area contributed by atoms with E-state index in [9.17, 15) is 18.9 Å². The van der Waals surface area contributed by atoms with E-state index in [1.165, 1.54) is 28.9 Å². The molecular formula is C34H36F2N5O9P. The first-order valence-corrected chi connectivity index (χ1v) is 18.3. The summed E-state index contributed by atoms with van der Waals surface area (Å²) in [5.74, 6) is -3.88. The average molecular weight is 728 g/mol. The number of nitrogens with one attached hydrogen (secondary N) is 1. The van der Waals surface area contributed by atoms with Crippen LogP contribution in [0.3, 0.4) is 0 Å². The molecule has 0 spiro atoms. The van der Waals surface area contributed by atoms with Gasteiger partial charge < -0.3 is 28.5 Å². The van der Waals surface area contributed by atoms with E-state index in [0.717, 1.165) is 23.4 Å². The molecule has 5 heterocycles. The predicted molar refractivity (Wildman–Crippen MR) is 177 cm³/mol. The van der Waals surface area contributed by atoms with Crippen LogP contribution in [0.1, 0.15) is 59.0 Å². The number of carbonyl (C=O) groups excluding carboxylic acids is 2. The van der Waals surface area contributed by atoms with Crippen molar-refractivity contribution in [2.45, 2.75) is 43.6 Å². The summed E-state index contributed by atoms with van der Waals surface area (Å²) in [5, 5.41) is 4.45. The van der Waals surface area contributed by atoms with Gasteiger partial charge in [-0.2, -0.15) is 5.09 Å². The molecule has 4 aliphatic heterocycles. The molecule has 3 fully saturated rings. The Balaban J connectivity index is 1.35. The number of amides is 1. The van der Waals surface area contributed by atoms with Crippen molar-refractivity contribution in [2.75, 3.05) is 63.1 Å². The van der Waals surface area contributed by atoms with Crippen LogP contribution in [0.5, 0.6) is 5.75 Å². The van der Waals surface area contributed by atoms with Crippen molar-refractivity contribution in [2.24, 2.45) is 0 Å². The second-order valence-corrected chi connectivity index (χ2v) is 14.6. The van der Waals surface area contributed by atoms with Crippen LogP contribution in [0.25, 0.3) is 0 Å². The number of hydrogen-bond donors (Lipinski definition) is 1. The van der Waals surface area contributed by atoms with Crippen LogP contribution in [0.2, 0.25) is 0 Å². The highest BCUT2D eigenvalue weighted by atomic mass is 31.2. The van der Waals surface area contributed by atoms with E-state index in [2.05, 4.69) is 5.09 Å².